The maximum Gasteiger partial charge on any atom is 0.164 e. The smallest absolute Gasteiger partial charge is 0.164 e. The molecule has 2 aromatic rings. The number of nitriles is 1. The minimum atomic E-state index is 0.186. The number of thioether (sulfide) groups is 1. The van der Waals surface area contributed by atoms with Crippen molar-refractivity contribution in [2.24, 2.45) is 0 Å². The molecule has 0 saturated heterocycles. The van der Waals surface area contributed by atoms with Crippen LogP contribution in [-0.2, 0) is 12.2 Å². The zero-order valence-corrected chi connectivity index (χ0v) is 13.6. The van der Waals surface area contributed by atoms with Gasteiger partial charge in [0.05, 0.1) is 11.4 Å². The van der Waals surface area contributed by atoms with Crippen molar-refractivity contribution in [3.63, 3.8) is 0 Å². The maximum atomic E-state index is 9.44. The fourth-order valence-corrected chi connectivity index (χ4v) is 3.58. The van der Waals surface area contributed by atoms with Gasteiger partial charge >= 0.3 is 0 Å². The molecule has 1 aromatic carbocycles. The number of nitrogens with one attached hydrogen (secondary N) is 1. The third-order valence-electron chi connectivity index (χ3n) is 3.97. The minimum absolute atomic E-state index is 0.186. The minimum Gasteiger partial charge on any atom is -0.282 e. The number of benzene rings is 1. The predicted octanol–water partition coefficient (Wildman–Crippen LogP) is 3.14. The van der Waals surface area contributed by atoms with Crippen LogP contribution in [0.2, 0.25) is 0 Å². The molecule has 1 aliphatic heterocycles. The molecular weight excluding hydrogens is 292 g/mol. The molecule has 0 bridgehead atoms. The molecule has 112 valence electrons. The Labute approximate surface area is 134 Å². The summed E-state index contributed by atoms with van der Waals surface area (Å²) < 4.78 is 1.59. The zero-order valence-electron chi connectivity index (χ0n) is 12.8. The Kier molecular flexibility index (Phi) is 4.04. The van der Waals surface area contributed by atoms with Crippen molar-refractivity contribution in [3.05, 3.63) is 52.1 Å². The number of fused-ring (bicyclic) bond motifs is 1. The molecule has 1 aliphatic rings. The van der Waals surface area contributed by atoms with Crippen LogP contribution in [0.5, 0.6) is 0 Å². The Bertz CT molecular complexity index is 797. The van der Waals surface area contributed by atoms with E-state index in [1.54, 1.807) is 4.68 Å². The molecule has 3 rings (SSSR count). The van der Waals surface area contributed by atoms with Gasteiger partial charge in [-0.1, -0.05) is 26.0 Å². The average Bonchev–Trinajstić information content (AvgIpc) is 2.54. The Morgan fingerprint density at radius 1 is 1.32 bits per heavy atom. The molecule has 0 saturated carbocycles. The Hall–Kier alpha value is -2.06. The molecule has 0 atom stereocenters. The first-order valence-corrected chi connectivity index (χ1v) is 8.55. The van der Waals surface area contributed by atoms with Crippen LogP contribution in [0.3, 0.4) is 0 Å². The third-order valence-corrected chi connectivity index (χ3v) is 4.94. The van der Waals surface area contributed by atoms with E-state index in [1.165, 1.54) is 5.56 Å². The van der Waals surface area contributed by atoms with Gasteiger partial charge < -0.3 is 0 Å². The lowest BCUT2D eigenvalue weighted by molar-refractivity contribution is 0.729. The average molecular weight is 310 g/mol. The molecule has 0 aliphatic carbocycles. The molecule has 0 amide bonds. The van der Waals surface area contributed by atoms with Gasteiger partial charge in [0.15, 0.2) is 5.49 Å². The van der Waals surface area contributed by atoms with Crippen molar-refractivity contribution in [2.75, 3.05) is 5.75 Å². The molecule has 0 radical (unpaired) electrons. The van der Waals surface area contributed by atoms with Crippen molar-refractivity contribution < 1.29 is 0 Å². The van der Waals surface area contributed by atoms with E-state index in [9.17, 15) is 5.26 Å². The molecular formula is C17H18N4S. The van der Waals surface area contributed by atoms with Gasteiger partial charge in [-0.05, 0) is 41.4 Å². The second kappa shape index (κ2) is 5.98. The van der Waals surface area contributed by atoms with Gasteiger partial charge in [0.25, 0.3) is 0 Å². The highest BCUT2D eigenvalue weighted by Crippen LogP contribution is 2.24. The maximum absolute atomic E-state index is 9.44. The topological polar surface area (TPSA) is 65.5 Å². The Balaban J connectivity index is 2.15. The lowest BCUT2D eigenvalue weighted by atomic mass is 10.0. The highest BCUT2D eigenvalue weighted by atomic mass is 32.2. The van der Waals surface area contributed by atoms with Gasteiger partial charge in [0.2, 0.25) is 0 Å². The van der Waals surface area contributed by atoms with E-state index in [0.717, 1.165) is 34.9 Å². The molecule has 2 heterocycles. The van der Waals surface area contributed by atoms with Crippen LogP contribution in [0.15, 0.2) is 24.3 Å². The molecule has 0 spiro atoms. The standard InChI is InChI=1S/C17H18N4S/c1-11(2)12-3-5-13(6-4-12)21-17(19)15(9-18)14-7-8-22-10-16(14)20-21/h3-6,11,19H,7-8,10H2,1-2H3. The lowest BCUT2D eigenvalue weighted by Crippen LogP contribution is -2.29. The van der Waals surface area contributed by atoms with Crippen molar-refractivity contribution in [2.45, 2.75) is 31.9 Å². The van der Waals surface area contributed by atoms with Crippen LogP contribution >= 0.6 is 11.8 Å². The van der Waals surface area contributed by atoms with E-state index in [4.69, 9.17) is 5.41 Å². The van der Waals surface area contributed by atoms with E-state index in [2.05, 4.69) is 37.1 Å². The van der Waals surface area contributed by atoms with Crippen molar-refractivity contribution >= 4 is 11.8 Å². The Morgan fingerprint density at radius 3 is 2.68 bits per heavy atom. The van der Waals surface area contributed by atoms with Gasteiger partial charge in [-0.15, -0.1) is 0 Å². The molecule has 1 aromatic heterocycles. The zero-order chi connectivity index (χ0) is 15.7. The second-order valence-corrected chi connectivity index (χ2v) is 6.83. The fraction of sp³-hybridized carbons (Fsp3) is 0.353. The van der Waals surface area contributed by atoms with Crippen LogP contribution in [0.25, 0.3) is 5.69 Å². The van der Waals surface area contributed by atoms with Gasteiger partial charge in [0.1, 0.15) is 11.6 Å². The monoisotopic (exact) mass is 310 g/mol. The first-order valence-electron chi connectivity index (χ1n) is 7.39. The van der Waals surface area contributed by atoms with E-state index >= 15 is 0 Å². The second-order valence-electron chi connectivity index (χ2n) is 5.72. The molecule has 0 unspecified atom stereocenters. The largest absolute Gasteiger partial charge is 0.282 e. The van der Waals surface area contributed by atoms with E-state index in [0.29, 0.717) is 11.5 Å². The first-order chi connectivity index (χ1) is 10.6. The summed E-state index contributed by atoms with van der Waals surface area (Å²) in [5.41, 5.74) is 4.65. The molecule has 1 N–H and O–H groups in total. The number of hydrogen-bond acceptors (Lipinski definition) is 4. The van der Waals surface area contributed by atoms with Crippen molar-refractivity contribution in [3.8, 4) is 11.8 Å². The van der Waals surface area contributed by atoms with Crippen LogP contribution < -0.4 is 5.49 Å². The molecule has 0 fully saturated rings. The third kappa shape index (κ3) is 2.55. The van der Waals surface area contributed by atoms with Gasteiger partial charge in [-0.2, -0.15) is 22.1 Å². The summed E-state index contributed by atoms with van der Waals surface area (Å²) in [5.74, 6) is 2.28. The summed E-state index contributed by atoms with van der Waals surface area (Å²) in [5, 5.41) is 22.4. The van der Waals surface area contributed by atoms with Crippen LogP contribution in [0, 0.1) is 16.7 Å². The van der Waals surface area contributed by atoms with Crippen LogP contribution in [0.1, 0.15) is 42.1 Å². The summed E-state index contributed by atoms with van der Waals surface area (Å²) in [6.07, 6.45) is 0.828. The SMILES string of the molecule is CC(C)c1ccc(-n2nc3c(c(C#N)c2=N)CCSC3)cc1. The highest BCUT2D eigenvalue weighted by molar-refractivity contribution is 7.98. The predicted molar refractivity (Wildman–Crippen MR) is 88.1 cm³/mol. The summed E-state index contributed by atoms with van der Waals surface area (Å²) in [6, 6.07) is 10.3. The number of rotatable bonds is 2. The fourth-order valence-electron chi connectivity index (χ4n) is 2.66. The summed E-state index contributed by atoms with van der Waals surface area (Å²) in [7, 11) is 0. The molecule has 4 nitrogen and oxygen atoms in total. The number of hydrogen-bond donors (Lipinski definition) is 1. The molecule has 5 heteroatoms. The van der Waals surface area contributed by atoms with Gasteiger partial charge in [-0.3, -0.25) is 5.41 Å². The summed E-state index contributed by atoms with van der Waals surface area (Å²) >= 11 is 1.83. The van der Waals surface area contributed by atoms with Gasteiger partial charge in [-0.25, -0.2) is 4.68 Å². The highest BCUT2D eigenvalue weighted by Gasteiger charge is 2.19. The van der Waals surface area contributed by atoms with Gasteiger partial charge in [0, 0.05) is 5.75 Å². The number of nitrogens with zero attached hydrogens (tertiary/aromatic N) is 3. The van der Waals surface area contributed by atoms with Crippen molar-refractivity contribution in [1.29, 1.82) is 10.7 Å². The molecule has 22 heavy (non-hydrogen) atoms. The summed E-state index contributed by atoms with van der Waals surface area (Å²) in [6.45, 7) is 4.31. The normalized spacial score (nSPS) is 13.7. The van der Waals surface area contributed by atoms with E-state index in [1.807, 2.05) is 23.9 Å². The van der Waals surface area contributed by atoms with Crippen LogP contribution in [0.4, 0.5) is 0 Å². The number of aromatic nitrogens is 2. The van der Waals surface area contributed by atoms with E-state index in [-0.39, 0.29) is 5.49 Å². The van der Waals surface area contributed by atoms with E-state index < -0.39 is 0 Å². The Morgan fingerprint density at radius 2 is 2.05 bits per heavy atom. The lowest BCUT2D eigenvalue weighted by Gasteiger charge is -2.18. The summed E-state index contributed by atoms with van der Waals surface area (Å²) in [4.78, 5) is 0. The van der Waals surface area contributed by atoms with Crippen molar-refractivity contribution in [1.82, 2.24) is 9.78 Å². The van der Waals surface area contributed by atoms with Crippen LogP contribution in [-0.4, -0.2) is 15.5 Å². The first kappa shape index (κ1) is 14.9. The quantitative estimate of drug-likeness (QED) is 0.926.